The third-order valence-corrected chi connectivity index (χ3v) is 33.5. The lowest BCUT2D eigenvalue weighted by atomic mass is 10.0. The summed E-state index contributed by atoms with van der Waals surface area (Å²) in [6.07, 6.45) is -1.89. The van der Waals surface area contributed by atoms with Crippen molar-refractivity contribution in [2.45, 2.75) is 147 Å². The number of rotatable bonds is 34. The van der Waals surface area contributed by atoms with E-state index in [0.717, 1.165) is 30.4 Å². The van der Waals surface area contributed by atoms with Crippen molar-refractivity contribution in [2.75, 3.05) is 99.8 Å². The zero-order valence-electron chi connectivity index (χ0n) is 79.0. The Morgan fingerprint density at radius 3 is 1.06 bits per heavy atom. The smallest absolute Gasteiger partial charge is 0.497 e. The van der Waals surface area contributed by atoms with E-state index in [4.69, 9.17) is 72.1 Å². The van der Waals surface area contributed by atoms with Crippen molar-refractivity contribution in [2.24, 2.45) is 0 Å². The second kappa shape index (κ2) is 46.1. The van der Waals surface area contributed by atoms with Crippen LogP contribution in [0.15, 0.2) is 202 Å². The van der Waals surface area contributed by atoms with Gasteiger partial charge < -0.3 is 87.4 Å². The largest absolute Gasteiger partial charge is 0.573 e. The van der Waals surface area contributed by atoms with E-state index >= 15 is 0 Å². The van der Waals surface area contributed by atoms with Crippen LogP contribution in [0.4, 0.5) is 68.0 Å². The fraction of sp³-hybridized carbons (Fsp3) is 0.351. The minimum absolute atomic E-state index is 0.00843. The molecule has 2 amide bonds. The summed E-state index contributed by atoms with van der Waals surface area (Å²) in [5.74, 6) is -0.499. The number of carbonyl (C=O) groups excluding carboxylic acids is 2. The predicted octanol–water partition coefficient (Wildman–Crippen LogP) is 21.6. The Balaban J connectivity index is 0.000000178. The molecule has 0 fully saturated rings. The average Bonchev–Trinajstić information content (AvgIpc) is 1.67. The highest BCUT2D eigenvalue weighted by molar-refractivity contribution is 6.74. The van der Waals surface area contributed by atoms with E-state index in [1.54, 1.807) is 125 Å². The molecule has 30 nitrogen and oxygen atoms in total. The molecule has 12 aromatic rings. The third-order valence-electron chi connectivity index (χ3n) is 23.7. The van der Waals surface area contributed by atoms with Gasteiger partial charge in [0.25, 0.3) is 11.8 Å². The summed E-state index contributed by atoms with van der Waals surface area (Å²) in [6.45, 7) is 22.9. The number of aromatic nitrogens is 9. The van der Waals surface area contributed by atoms with Gasteiger partial charge in [-0.1, -0.05) is 113 Å². The molecule has 3 aliphatic rings. The number of nitrogens with one attached hydrogen (secondary N) is 3. The summed E-state index contributed by atoms with van der Waals surface area (Å²) in [7, 11) is 0.570. The zero-order valence-corrected chi connectivity index (χ0v) is 83.3. The van der Waals surface area contributed by atoms with Crippen molar-refractivity contribution in [3.05, 3.63) is 256 Å². The van der Waals surface area contributed by atoms with E-state index in [1.165, 1.54) is 122 Å². The zero-order chi connectivity index (χ0) is 102. The quantitative estimate of drug-likeness (QED) is 0.0142. The first-order valence-corrected chi connectivity index (χ1v) is 51.2. The Bertz CT molecular complexity index is 6280. The van der Waals surface area contributed by atoms with Crippen LogP contribution < -0.4 is 68.4 Å². The molecule has 5 heterocycles. The topological polar surface area (TPSA) is 328 Å². The number of methoxy groups -OCH3 is 3. The predicted molar refractivity (Wildman–Crippen MR) is 518 cm³/mol. The summed E-state index contributed by atoms with van der Waals surface area (Å²) >= 11 is 18.9. The number of hydrogen-bond acceptors (Lipinski definition) is 24. The summed E-state index contributed by atoms with van der Waals surface area (Å²) < 4.78 is 177. The van der Waals surface area contributed by atoms with Crippen LogP contribution in [0.2, 0.25) is 51.3 Å². The van der Waals surface area contributed by atoms with Crippen LogP contribution >= 0.6 is 34.8 Å². The Labute approximate surface area is 824 Å². The van der Waals surface area contributed by atoms with E-state index in [9.17, 15) is 64.1 Å². The van der Waals surface area contributed by atoms with Crippen molar-refractivity contribution in [1.29, 1.82) is 0 Å². The van der Waals surface area contributed by atoms with E-state index in [2.05, 4.69) is 128 Å². The molecule has 5 N–H and O–H groups in total. The first kappa shape index (κ1) is 107. The van der Waals surface area contributed by atoms with Crippen molar-refractivity contribution >= 4 is 97.7 Å². The number of nitrogens with zero attached hydrogens (tertiary/aromatic N) is 11. The number of anilines is 5. The number of amides is 2. The van der Waals surface area contributed by atoms with E-state index < -0.39 is 83.1 Å². The molecule has 0 saturated heterocycles. The molecule has 0 saturated carbocycles. The molecule has 3 aromatic heterocycles. The molecule has 3 atom stereocenters. The van der Waals surface area contributed by atoms with Crippen LogP contribution in [0.25, 0.3) is 17.1 Å². The molecule has 0 spiro atoms. The number of carboxylic acids is 1. The number of carboxylic acid groups (broad SMARTS) is 1. The summed E-state index contributed by atoms with van der Waals surface area (Å²) in [5, 5.41) is 42.9. The number of alkyl halides is 9. The summed E-state index contributed by atoms with van der Waals surface area (Å²) in [6, 6.07) is 39.4. The standard InChI is InChI=1S/C34H39ClF3N5O5Si.C28H25ClF3N5O5.C25H33ClN4O5Si.C10H9F3O/c1-33(2,3)49(5,6)47-14-13-46-30-15-23(35)8-10-28(30)31(41-24-16-25(18-27(17-24)45-4)43-21-39-20-40-43)32(44)42-12-11-22-7-9-26(19-29(22)42)48-34(36,37)38;1-40-22-12-19(11-20(13-22)37-16-33-15-34-37)35-26(23-5-3-18(29)10-25(23)41-9-8-38)27(39)36-7-6-17-2-4-21(14-24(17)36)42-28(30,31)32;1-25(2,3)36(5,6)35-10-9-34-22-11-17(26)7-8-21(22)23(24(31)32)29-18-12-19(14-20(13-18)33-4)30-16-27-15-28-30;11-10(12,13)14-9-5-4-7-2-1-3-8(7)6-9/h7-10,15-21,31,41H,11-14H2,1-6H3;2-5,10-16,26,35,38H,6-9H2,1H3;7-8,11-16,23,29H,9-10H2,1-6H3,(H,31,32);4-6H,1-3H2. The van der Waals surface area contributed by atoms with E-state index in [-0.39, 0.29) is 61.1 Å². The van der Waals surface area contributed by atoms with Gasteiger partial charge in [-0.3, -0.25) is 9.59 Å². The molecular weight excluding hydrogens is 1950 g/mol. The average molecular weight is 2060 g/mol. The molecule has 15 rings (SSSR count). The second-order valence-corrected chi connectivity index (χ2v) is 46.3. The maximum Gasteiger partial charge on any atom is 0.573 e. The highest BCUT2D eigenvalue weighted by Crippen LogP contribution is 2.45. The summed E-state index contributed by atoms with van der Waals surface area (Å²) in [5.41, 5.74) is 8.79. The molecule has 0 radical (unpaired) electrons. The molecule has 752 valence electrons. The highest BCUT2D eigenvalue weighted by Gasteiger charge is 2.42. The molecule has 141 heavy (non-hydrogen) atoms. The number of hydrogen-bond donors (Lipinski definition) is 5. The number of aryl methyl sites for hydroxylation is 2. The van der Waals surface area contributed by atoms with Gasteiger partial charge in [0.15, 0.2) is 22.7 Å². The number of halogens is 12. The minimum Gasteiger partial charge on any atom is -0.497 e. The number of ether oxygens (including phenoxy) is 9. The third kappa shape index (κ3) is 29.1. The van der Waals surface area contributed by atoms with Crippen LogP contribution in [-0.4, -0.2) is 182 Å². The van der Waals surface area contributed by atoms with Crippen LogP contribution in [-0.2, 0) is 48.9 Å². The van der Waals surface area contributed by atoms with Crippen molar-refractivity contribution in [3.8, 4) is 68.8 Å². The monoisotopic (exact) mass is 2050 g/mol. The molecule has 44 heteroatoms. The van der Waals surface area contributed by atoms with Gasteiger partial charge in [-0.25, -0.2) is 33.8 Å². The molecule has 0 bridgehead atoms. The first-order valence-electron chi connectivity index (χ1n) is 44.2. The number of aliphatic hydroxyl groups is 1. The lowest BCUT2D eigenvalue weighted by molar-refractivity contribution is -0.275. The fourth-order valence-corrected chi connectivity index (χ4v) is 17.4. The molecule has 3 unspecified atom stereocenters. The fourth-order valence-electron chi connectivity index (χ4n) is 14.8. The Hall–Kier alpha value is -13.0. The van der Waals surface area contributed by atoms with Gasteiger partial charge in [-0.2, -0.15) is 15.3 Å². The van der Waals surface area contributed by atoms with Gasteiger partial charge in [-0.15, -0.1) is 39.5 Å². The van der Waals surface area contributed by atoms with Crippen LogP contribution in [0.1, 0.15) is 105 Å². The lowest BCUT2D eigenvalue weighted by Gasteiger charge is -2.36. The van der Waals surface area contributed by atoms with Gasteiger partial charge in [0, 0.05) is 110 Å². The van der Waals surface area contributed by atoms with Gasteiger partial charge in [0.05, 0.1) is 69.6 Å². The van der Waals surface area contributed by atoms with Crippen LogP contribution in [0.3, 0.4) is 0 Å². The van der Waals surface area contributed by atoms with Crippen LogP contribution in [0, 0.1) is 0 Å². The maximum atomic E-state index is 14.6. The molecular formula is C97H106Cl3F9N14O16Si2. The maximum absolute atomic E-state index is 14.6. The summed E-state index contributed by atoms with van der Waals surface area (Å²) in [4.78, 5) is 56.1. The Morgan fingerprint density at radius 2 is 0.738 bits per heavy atom. The van der Waals surface area contributed by atoms with Crippen LogP contribution in [0.5, 0.6) is 51.7 Å². The number of aliphatic hydroxyl groups excluding tert-OH is 1. The normalized spacial score (nSPS) is 13.6. The Morgan fingerprint density at radius 1 is 0.404 bits per heavy atom. The lowest BCUT2D eigenvalue weighted by Crippen LogP contribution is -2.41. The van der Waals surface area contributed by atoms with E-state index in [1.807, 2.05) is 0 Å². The first-order chi connectivity index (χ1) is 66.6. The molecule has 1 aliphatic carbocycles. The number of fused-ring (bicyclic) bond motifs is 3. The SMILES string of the molecule is COc1cc(NC(C(=O)N2CCc3ccc(OC(F)(F)F)cc32)c2ccc(Cl)cc2OCCO)cc(-n2cncn2)c1.COc1cc(NC(C(=O)N2CCc3ccc(OC(F)(F)F)cc32)c2ccc(Cl)cc2OCCO[Si](C)(C)C(C)(C)C)cc(-n2cncn2)c1.COc1cc(NC(C(=O)O)c2ccc(Cl)cc2OCCO[Si](C)(C)C(C)(C)C)cc(-n2cncn2)c1.FC(F)(F)Oc1ccc2c(c1)CCC2. The van der Waals surface area contributed by atoms with Gasteiger partial charge in [0.2, 0.25) is 0 Å². The second-order valence-electron chi connectivity index (χ2n) is 35.4. The van der Waals surface area contributed by atoms with Crippen molar-refractivity contribution in [1.82, 2.24) is 44.3 Å². The Kier molecular flexibility index (Phi) is 35.0. The van der Waals surface area contributed by atoms with E-state index in [0.29, 0.717) is 143 Å². The number of benzene rings is 9. The van der Waals surface area contributed by atoms with Crippen molar-refractivity contribution < 1.29 is 116 Å². The number of aliphatic carboxylic acids is 1. The molecule has 2 aliphatic heterocycles. The minimum atomic E-state index is -4.89. The highest BCUT2D eigenvalue weighted by atomic mass is 35.5. The number of carbonyl (C=O) groups is 3. The van der Waals surface area contributed by atoms with Gasteiger partial charge >= 0.3 is 25.1 Å². The van der Waals surface area contributed by atoms with Gasteiger partial charge in [0.1, 0.15) is 122 Å². The van der Waals surface area contributed by atoms with Crippen molar-refractivity contribution in [3.63, 3.8) is 0 Å². The van der Waals surface area contributed by atoms with Gasteiger partial charge in [-0.05, 0) is 169 Å². The molecule has 9 aromatic carbocycles.